The van der Waals surface area contributed by atoms with Gasteiger partial charge in [0.1, 0.15) is 0 Å². The predicted molar refractivity (Wildman–Crippen MR) is 102 cm³/mol. The highest BCUT2D eigenvalue weighted by atomic mass is 16.2. The zero-order valence-electron chi connectivity index (χ0n) is 16.1. The molecule has 0 aromatic carbocycles. The van der Waals surface area contributed by atoms with Gasteiger partial charge in [-0.05, 0) is 12.3 Å². The molecule has 27 heavy (non-hydrogen) atoms. The minimum atomic E-state index is -0.00879. The highest BCUT2D eigenvalue weighted by Gasteiger charge is 2.29. The van der Waals surface area contributed by atoms with Crippen LogP contribution in [0.2, 0.25) is 0 Å². The molecule has 1 aromatic heterocycles. The fourth-order valence-corrected chi connectivity index (χ4v) is 4.67. The summed E-state index contributed by atoms with van der Waals surface area (Å²) < 4.78 is 0. The smallest absolute Gasteiger partial charge is 0.274 e. The number of nitrogens with one attached hydrogen (secondary N) is 2. The van der Waals surface area contributed by atoms with Crippen molar-refractivity contribution in [3.05, 3.63) is 17.0 Å². The summed E-state index contributed by atoms with van der Waals surface area (Å²) in [6, 6.07) is 0. The van der Waals surface area contributed by atoms with Crippen LogP contribution in [0.15, 0.2) is 0 Å². The lowest BCUT2D eigenvalue weighted by atomic mass is 9.86. The van der Waals surface area contributed by atoms with Crippen molar-refractivity contribution in [1.29, 1.82) is 0 Å². The Balaban J connectivity index is 1.26. The number of hydrogen-bond acceptors (Lipinski definition) is 4. The maximum absolute atomic E-state index is 12.9. The lowest BCUT2D eigenvalue weighted by molar-refractivity contribution is -0.133. The quantitative estimate of drug-likeness (QED) is 0.842. The Labute approximate surface area is 160 Å². The average Bonchev–Trinajstić information content (AvgIpc) is 3.16. The summed E-state index contributed by atoms with van der Waals surface area (Å²) in [5.41, 5.74) is 2.64. The van der Waals surface area contributed by atoms with E-state index in [0.29, 0.717) is 44.8 Å². The molecular weight excluding hydrogens is 342 g/mol. The number of amides is 2. The third kappa shape index (κ3) is 4.18. The minimum Gasteiger partial charge on any atom is -0.339 e. The molecule has 7 heteroatoms. The van der Waals surface area contributed by atoms with Gasteiger partial charge in [0, 0.05) is 63.4 Å². The molecule has 1 saturated carbocycles. The van der Waals surface area contributed by atoms with Crippen molar-refractivity contribution >= 4 is 11.8 Å². The van der Waals surface area contributed by atoms with Gasteiger partial charge in [0.05, 0.1) is 0 Å². The van der Waals surface area contributed by atoms with Gasteiger partial charge in [-0.1, -0.05) is 32.1 Å². The fraction of sp³-hybridized carbons (Fsp3) is 0.750. The van der Waals surface area contributed by atoms with Gasteiger partial charge in [-0.15, -0.1) is 0 Å². The Hall–Kier alpha value is -1.89. The van der Waals surface area contributed by atoms with E-state index in [4.69, 9.17) is 0 Å². The topological polar surface area (TPSA) is 81.3 Å². The number of H-pyrrole nitrogens is 1. The van der Waals surface area contributed by atoms with Crippen molar-refractivity contribution in [2.45, 2.75) is 57.9 Å². The van der Waals surface area contributed by atoms with E-state index >= 15 is 0 Å². The summed E-state index contributed by atoms with van der Waals surface area (Å²) in [5.74, 6) is 0.990. The molecule has 148 valence electrons. The second kappa shape index (κ2) is 8.42. The second-order valence-electron chi connectivity index (χ2n) is 8.17. The number of rotatable bonds is 4. The molecule has 3 aliphatic rings. The molecule has 1 saturated heterocycles. The lowest BCUT2D eigenvalue weighted by Crippen LogP contribution is -2.50. The highest BCUT2D eigenvalue weighted by Crippen LogP contribution is 2.27. The lowest BCUT2D eigenvalue weighted by Gasteiger charge is -2.35. The van der Waals surface area contributed by atoms with Crippen molar-refractivity contribution in [3.63, 3.8) is 0 Å². The predicted octanol–water partition coefficient (Wildman–Crippen LogP) is 1.70. The maximum atomic E-state index is 12.9. The summed E-state index contributed by atoms with van der Waals surface area (Å²) in [6.07, 6.45) is 9.17. The van der Waals surface area contributed by atoms with E-state index in [0.717, 1.165) is 36.6 Å². The van der Waals surface area contributed by atoms with E-state index in [2.05, 4.69) is 15.5 Å². The van der Waals surface area contributed by atoms with Crippen LogP contribution in [-0.4, -0.2) is 64.5 Å². The van der Waals surface area contributed by atoms with Gasteiger partial charge in [0.25, 0.3) is 5.91 Å². The van der Waals surface area contributed by atoms with E-state index in [-0.39, 0.29) is 11.8 Å². The number of piperazine rings is 1. The van der Waals surface area contributed by atoms with Gasteiger partial charge in [-0.2, -0.15) is 5.10 Å². The molecule has 0 radical (unpaired) electrons. The number of carbonyl (C=O) groups is 2. The normalized spacial score (nSPS) is 21.2. The molecule has 0 unspecified atom stereocenters. The van der Waals surface area contributed by atoms with Crippen LogP contribution in [0.5, 0.6) is 0 Å². The van der Waals surface area contributed by atoms with Crippen LogP contribution in [0.1, 0.15) is 66.7 Å². The maximum Gasteiger partial charge on any atom is 0.274 e. The zero-order valence-corrected chi connectivity index (χ0v) is 16.1. The molecule has 2 N–H and O–H groups in total. The number of nitrogens with zero attached hydrogens (tertiary/aromatic N) is 3. The van der Waals surface area contributed by atoms with Crippen LogP contribution in [0.4, 0.5) is 0 Å². The number of hydrogen-bond donors (Lipinski definition) is 2. The van der Waals surface area contributed by atoms with Crippen LogP contribution < -0.4 is 5.32 Å². The zero-order chi connectivity index (χ0) is 18.6. The first-order valence-corrected chi connectivity index (χ1v) is 10.6. The van der Waals surface area contributed by atoms with Crippen molar-refractivity contribution < 1.29 is 9.59 Å². The standard InChI is InChI=1S/C20H31N5O2/c26-18(7-6-15-4-2-1-3-5-15)24-10-12-25(13-11-24)20(27)19-16-14-21-9-8-17(16)22-23-19/h15,21H,1-14H2,(H,22,23). The Morgan fingerprint density at radius 1 is 1.04 bits per heavy atom. The summed E-state index contributed by atoms with van der Waals surface area (Å²) in [7, 11) is 0. The van der Waals surface area contributed by atoms with Crippen molar-refractivity contribution in [1.82, 2.24) is 25.3 Å². The monoisotopic (exact) mass is 373 g/mol. The molecule has 0 atom stereocenters. The first kappa shape index (κ1) is 18.5. The summed E-state index contributed by atoms with van der Waals surface area (Å²) >= 11 is 0. The van der Waals surface area contributed by atoms with Gasteiger partial charge in [0.2, 0.25) is 5.91 Å². The molecule has 2 aliphatic heterocycles. The molecule has 1 aliphatic carbocycles. The van der Waals surface area contributed by atoms with E-state index in [1.807, 2.05) is 9.80 Å². The number of aromatic nitrogens is 2. The number of aromatic amines is 1. The second-order valence-corrected chi connectivity index (χ2v) is 8.17. The third-order valence-electron chi connectivity index (χ3n) is 6.42. The molecule has 0 spiro atoms. The molecular formula is C20H31N5O2. The first-order chi connectivity index (χ1) is 13.2. The van der Waals surface area contributed by atoms with Crippen LogP contribution in [0, 0.1) is 5.92 Å². The fourth-order valence-electron chi connectivity index (χ4n) is 4.67. The van der Waals surface area contributed by atoms with E-state index in [1.165, 1.54) is 32.1 Å². The van der Waals surface area contributed by atoms with Crippen LogP contribution in [-0.2, 0) is 17.8 Å². The Morgan fingerprint density at radius 2 is 1.78 bits per heavy atom. The molecule has 7 nitrogen and oxygen atoms in total. The summed E-state index contributed by atoms with van der Waals surface area (Å²) in [4.78, 5) is 29.2. The van der Waals surface area contributed by atoms with Crippen LogP contribution in [0.25, 0.3) is 0 Å². The number of fused-ring (bicyclic) bond motifs is 1. The minimum absolute atomic E-state index is 0.00879. The first-order valence-electron chi connectivity index (χ1n) is 10.6. The molecule has 4 rings (SSSR count). The molecule has 0 bridgehead atoms. The van der Waals surface area contributed by atoms with Crippen molar-refractivity contribution in [2.75, 3.05) is 32.7 Å². The number of carbonyl (C=O) groups excluding carboxylic acids is 2. The Bertz CT molecular complexity index is 672. The molecule has 2 amide bonds. The van der Waals surface area contributed by atoms with Gasteiger partial charge < -0.3 is 15.1 Å². The summed E-state index contributed by atoms with van der Waals surface area (Å²) in [5, 5.41) is 10.6. The van der Waals surface area contributed by atoms with Gasteiger partial charge >= 0.3 is 0 Å². The van der Waals surface area contributed by atoms with Gasteiger partial charge in [0.15, 0.2) is 5.69 Å². The van der Waals surface area contributed by atoms with Crippen LogP contribution >= 0.6 is 0 Å². The van der Waals surface area contributed by atoms with Gasteiger partial charge in [-0.3, -0.25) is 14.7 Å². The summed E-state index contributed by atoms with van der Waals surface area (Å²) in [6.45, 7) is 4.10. The molecule has 3 heterocycles. The SMILES string of the molecule is O=C(CCC1CCCCC1)N1CCN(C(=O)c2n[nH]c3c2CNCC3)CC1. The van der Waals surface area contributed by atoms with Crippen molar-refractivity contribution in [2.24, 2.45) is 5.92 Å². The molecule has 1 aromatic rings. The van der Waals surface area contributed by atoms with Crippen molar-refractivity contribution in [3.8, 4) is 0 Å². The van der Waals surface area contributed by atoms with Crippen LogP contribution in [0.3, 0.4) is 0 Å². The third-order valence-corrected chi connectivity index (χ3v) is 6.42. The van der Waals surface area contributed by atoms with Gasteiger partial charge in [-0.25, -0.2) is 0 Å². The molecule has 2 fully saturated rings. The van der Waals surface area contributed by atoms with E-state index < -0.39 is 0 Å². The highest BCUT2D eigenvalue weighted by molar-refractivity contribution is 5.94. The van der Waals surface area contributed by atoms with E-state index in [9.17, 15) is 9.59 Å². The largest absolute Gasteiger partial charge is 0.339 e. The Kier molecular flexibility index (Phi) is 5.76. The van der Waals surface area contributed by atoms with E-state index in [1.54, 1.807) is 0 Å². The Morgan fingerprint density at radius 3 is 2.56 bits per heavy atom. The average molecular weight is 374 g/mol.